The Morgan fingerprint density at radius 3 is 2.55 bits per heavy atom. The summed E-state index contributed by atoms with van der Waals surface area (Å²) in [5, 5.41) is 22.8. The highest BCUT2D eigenvalue weighted by Gasteiger charge is 2.16. The number of carbonyl (C=O) groups is 1. The number of rotatable bonds is 6. The maximum atomic E-state index is 12.7. The number of hydrogen-bond donors (Lipinski definition) is 0. The monoisotopic (exact) mass is 412 g/mol. The summed E-state index contributed by atoms with van der Waals surface area (Å²) in [6.07, 6.45) is 1.48. The van der Waals surface area contributed by atoms with E-state index in [2.05, 4.69) is 11.2 Å². The SMILES string of the molecule is COc1cc(/C=C(\C#N)C(=O)n2nc(C)cc2C)ccc1OCc1ccccc1C#N. The molecule has 0 saturated carbocycles. The summed E-state index contributed by atoms with van der Waals surface area (Å²) in [5.41, 5.74) is 3.21. The van der Waals surface area contributed by atoms with Crippen molar-refractivity contribution in [1.29, 1.82) is 10.5 Å². The lowest BCUT2D eigenvalue weighted by atomic mass is 10.1. The van der Waals surface area contributed by atoms with Gasteiger partial charge in [-0.2, -0.15) is 15.6 Å². The number of aromatic nitrogens is 2. The van der Waals surface area contributed by atoms with Crippen molar-refractivity contribution in [2.45, 2.75) is 20.5 Å². The zero-order valence-electron chi connectivity index (χ0n) is 17.4. The van der Waals surface area contributed by atoms with Gasteiger partial charge in [-0.3, -0.25) is 4.79 Å². The summed E-state index contributed by atoms with van der Waals surface area (Å²) in [4.78, 5) is 12.7. The predicted octanol–water partition coefficient (Wildman–Crippen LogP) is 4.21. The molecule has 31 heavy (non-hydrogen) atoms. The largest absolute Gasteiger partial charge is 0.493 e. The summed E-state index contributed by atoms with van der Waals surface area (Å²) in [5.74, 6) is 0.426. The van der Waals surface area contributed by atoms with Crippen molar-refractivity contribution < 1.29 is 14.3 Å². The molecule has 2 aromatic carbocycles. The summed E-state index contributed by atoms with van der Waals surface area (Å²) >= 11 is 0. The van der Waals surface area contributed by atoms with Crippen LogP contribution in [0, 0.1) is 36.5 Å². The molecule has 0 amide bonds. The molecule has 3 aromatic rings. The van der Waals surface area contributed by atoms with Crippen LogP contribution in [-0.2, 0) is 6.61 Å². The van der Waals surface area contributed by atoms with Gasteiger partial charge in [0.25, 0.3) is 5.91 Å². The van der Waals surface area contributed by atoms with Crippen molar-refractivity contribution in [3.63, 3.8) is 0 Å². The Bertz CT molecular complexity index is 1240. The van der Waals surface area contributed by atoms with Gasteiger partial charge >= 0.3 is 0 Å². The normalized spacial score (nSPS) is 10.8. The molecule has 3 rings (SSSR count). The van der Waals surface area contributed by atoms with Crippen LogP contribution >= 0.6 is 0 Å². The highest BCUT2D eigenvalue weighted by Crippen LogP contribution is 2.30. The number of ether oxygens (including phenoxy) is 2. The summed E-state index contributed by atoms with van der Waals surface area (Å²) < 4.78 is 12.5. The molecule has 1 aromatic heterocycles. The average Bonchev–Trinajstić information content (AvgIpc) is 3.13. The van der Waals surface area contributed by atoms with Crippen LogP contribution in [0.2, 0.25) is 0 Å². The lowest BCUT2D eigenvalue weighted by Crippen LogP contribution is -2.15. The Balaban J connectivity index is 1.84. The van der Waals surface area contributed by atoms with E-state index in [1.807, 2.05) is 18.2 Å². The first kappa shape index (κ1) is 21.4. The molecule has 0 atom stereocenters. The van der Waals surface area contributed by atoms with Crippen LogP contribution < -0.4 is 9.47 Å². The van der Waals surface area contributed by atoms with Gasteiger partial charge in [-0.05, 0) is 49.8 Å². The lowest BCUT2D eigenvalue weighted by Gasteiger charge is -2.12. The molecule has 7 heteroatoms. The third-order valence-electron chi connectivity index (χ3n) is 4.57. The van der Waals surface area contributed by atoms with Crippen LogP contribution in [0.4, 0.5) is 0 Å². The maximum absolute atomic E-state index is 12.7. The number of nitriles is 2. The number of benzene rings is 2. The second-order valence-electron chi connectivity index (χ2n) is 6.78. The van der Waals surface area contributed by atoms with E-state index in [1.165, 1.54) is 17.9 Å². The van der Waals surface area contributed by atoms with Crippen molar-refractivity contribution in [1.82, 2.24) is 9.78 Å². The molecule has 0 aliphatic rings. The summed E-state index contributed by atoms with van der Waals surface area (Å²) in [7, 11) is 1.51. The quantitative estimate of drug-likeness (QED) is 0.444. The Labute approximate surface area is 180 Å². The van der Waals surface area contributed by atoms with Gasteiger partial charge in [0.1, 0.15) is 18.2 Å². The molecule has 0 unspecified atom stereocenters. The van der Waals surface area contributed by atoms with Gasteiger partial charge in [0.2, 0.25) is 0 Å². The smallest absolute Gasteiger partial charge is 0.289 e. The minimum absolute atomic E-state index is 0.0510. The van der Waals surface area contributed by atoms with Crippen molar-refractivity contribution in [2.24, 2.45) is 0 Å². The molecular formula is C24H20N4O3. The second-order valence-corrected chi connectivity index (χ2v) is 6.78. The fraction of sp³-hybridized carbons (Fsp3) is 0.167. The van der Waals surface area contributed by atoms with Gasteiger partial charge in [-0.15, -0.1) is 0 Å². The van der Waals surface area contributed by atoms with E-state index >= 15 is 0 Å². The molecular weight excluding hydrogens is 392 g/mol. The molecule has 0 spiro atoms. The third kappa shape index (κ3) is 4.80. The molecule has 0 aliphatic heterocycles. The summed E-state index contributed by atoms with van der Waals surface area (Å²) in [6.45, 7) is 3.74. The Hall–Kier alpha value is -4.36. The number of carbonyl (C=O) groups excluding carboxylic acids is 1. The van der Waals surface area contributed by atoms with Crippen molar-refractivity contribution in [2.75, 3.05) is 7.11 Å². The first-order valence-electron chi connectivity index (χ1n) is 9.45. The average molecular weight is 412 g/mol. The number of methoxy groups -OCH3 is 1. The van der Waals surface area contributed by atoms with Crippen LogP contribution in [0.1, 0.15) is 32.9 Å². The van der Waals surface area contributed by atoms with Crippen LogP contribution in [0.5, 0.6) is 11.5 Å². The highest BCUT2D eigenvalue weighted by molar-refractivity contribution is 6.03. The van der Waals surface area contributed by atoms with Gasteiger partial charge in [0.15, 0.2) is 11.5 Å². The molecule has 0 bridgehead atoms. The third-order valence-corrected chi connectivity index (χ3v) is 4.57. The summed E-state index contributed by atoms with van der Waals surface area (Å²) in [6, 6.07) is 18.1. The van der Waals surface area contributed by atoms with Crippen LogP contribution in [-0.4, -0.2) is 22.8 Å². The molecule has 154 valence electrons. The molecule has 0 fully saturated rings. The van der Waals surface area contributed by atoms with Gasteiger partial charge in [0, 0.05) is 11.3 Å². The Morgan fingerprint density at radius 2 is 1.90 bits per heavy atom. The van der Waals surface area contributed by atoms with Gasteiger partial charge in [-0.25, -0.2) is 4.68 Å². The Morgan fingerprint density at radius 1 is 1.13 bits per heavy atom. The lowest BCUT2D eigenvalue weighted by molar-refractivity contribution is 0.0943. The molecule has 7 nitrogen and oxygen atoms in total. The number of allylic oxidation sites excluding steroid dienone is 1. The van der Waals surface area contributed by atoms with Crippen molar-refractivity contribution in [3.05, 3.63) is 82.2 Å². The van der Waals surface area contributed by atoms with Crippen molar-refractivity contribution in [3.8, 4) is 23.6 Å². The first-order chi connectivity index (χ1) is 15.0. The van der Waals surface area contributed by atoms with E-state index in [9.17, 15) is 15.3 Å². The molecule has 0 saturated heterocycles. The number of aryl methyl sites for hydroxylation is 2. The standard InChI is InChI=1S/C24H20N4O3/c1-16-10-17(2)28(27-16)24(29)21(14-26)11-18-8-9-22(23(12-18)30-3)31-15-20-7-5-4-6-19(20)13-25/h4-12H,15H2,1-3H3/b21-11+. The van der Waals surface area contributed by atoms with E-state index in [0.29, 0.717) is 34.0 Å². The topological polar surface area (TPSA) is 101 Å². The van der Waals surface area contributed by atoms with Crippen LogP contribution in [0.25, 0.3) is 6.08 Å². The van der Waals surface area contributed by atoms with Gasteiger partial charge in [0.05, 0.1) is 24.4 Å². The van der Waals surface area contributed by atoms with Crippen LogP contribution in [0.3, 0.4) is 0 Å². The van der Waals surface area contributed by atoms with E-state index in [4.69, 9.17) is 9.47 Å². The zero-order chi connectivity index (χ0) is 22.4. The van der Waals surface area contributed by atoms with Gasteiger partial charge < -0.3 is 9.47 Å². The van der Waals surface area contributed by atoms with E-state index in [1.54, 1.807) is 50.2 Å². The number of nitrogens with zero attached hydrogens (tertiary/aromatic N) is 4. The number of hydrogen-bond acceptors (Lipinski definition) is 6. The Kier molecular flexibility index (Phi) is 6.49. The van der Waals surface area contributed by atoms with E-state index in [0.717, 1.165) is 5.56 Å². The van der Waals surface area contributed by atoms with E-state index < -0.39 is 5.91 Å². The first-order valence-corrected chi connectivity index (χ1v) is 9.45. The van der Waals surface area contributed by atoms with Crippen LogP contribution in [0.15, 0.2) is 54.1 Å². The fourth-order valence-corrected chi connectivity index (χ4v) is 3.06. The molecule has 0 N–H and O–H groups in total. The second kappa shape index (κ2) is 9.43. The molecule has 0 aliphatic carbocycles. The minimum atomic E-state index is -0.500. The van der Waals surface area contributed by atoms with Gasteiger partial charge in [-0.1, -0.05) is 24.3 Å². The molecule has 1 heterocycles. The predicted molar refractivity (Wildman–Crippen MR) is 114 cm³/mol. The van der Waals surface area contributed by atoms with Crippen molar-refractivity contribution >= 4 is 12.0 Å². The minimum Gasteiger partial charge on any atom is -0.493 e. The highest BCUT2D eigenvalue weighted by atomic mass is 16.5. The van der Waals surface area contributed by atoms with E-state index in [-0.39, 0.29) is 12.2 Å². The maximum Gasteiger partial charge on any atom is 0.289 e. The zero-order valence-corrected chi connectivity index (χ0v) is 17.4. The fourth-order valence-electron chi connectivity index (χ4n) is 3.06. The molecule has 0 radical (unpaired) electrons.